The van der Waals surface area contributed by atoms with Crippen molar-refractivity contribution in [1.29, 1.82) is 0 Å². The molecule has 12 nitrogen and oxygen atoms in total. The number of nitrogens with zero attached hydrogens (tertiary/aromatic N) is 2. The molecule has 1 aromatic carbocycles. The molecule has 37 heavy (non-hydrogen) atoms. The van der Waals surface area contributed by atoms with Gasteiger partial charge in [-0.1, -0.05) is 24.1 Å². The van der Waals surface area contributed by atoms with Gasteiger partial charge in [-0.05, 0) is 51.2 Å². The number of carbonyl (C=O) groups excluding carboxylic acids is 1. The van der Waals surface area contributed by atoms with E-state index in [4.69, 9.17) is 42.9 Å². The summed E-state index contributed by atoms with van der Waals surface area (Å²) < 4.78 is 37.2. The third kappa shape index (κ3) is 6.74. The molecule has 0 spiro atoms. The SMILES string of the molecule is C#C[C@]1(COP(=O)(N[C@@H](C)C(=O)OC(C)C)Oc2ccccc2)O[C@@H](n2ccc(N)nc2=S)[C@@H](O)[C@H]1O. The highest BCUT2D eigenvalue weighted by Gasteiger charge is 2.55. The number of ether oxygens (including phenoxy) is 2. The van der Waals surface area contributed by atoms with Crippen LogP contribution >= 0.6 is 20.0 Å². The van der Waals surface area contributed by atoms with Crippen molar-refractivity contribution in [3.8, 4) is 18.1 Å². The smallest absolute Gasteiger partial charge is 0.459 e. The molecule has 3 rings (SSSR count). The second-order valence-electron chi connectivity index (χ2n) is 8.53. The lowest BCUT2D eigenvalue weighted by molar-refractivity contribution is -0.149. The number of nitrogen functional groups attached to an aromatic ring is 1. The van der Waals surface area contributed by atoms with E-state index in [0.29, 0.717) is 0 Å². The van der Waals surface area contributed by atoms with Gasteiger partial charge in [0.15, 0.2) is 11.8 Å². The van der Waals surface area contributed by atoms with E-state index < -0.39 is 56.5 Å². The van der Waals surface area contributed by atoms with E-state index in [1.165, 1.54) is 35.9 Å². The Balaban J connectivity index is 1.86. The predicted octanol–water partition coefficient (Wildman–Crippen LogP) is 1.95. The van der Waals surface area contributed by atoms with E-state index in [0.717, 1.165) is 0 Å². The van der Waals surface area contributed by atoms with Crippen molar-refractivity contribution in [3.05, 3.63) is 47.4 Å². The second kappa shape index (κ2) is 11.7. The number of aliphatic hydroxyl groups excluding tert-OH is 2. The van der Waals surface area contributed by atoms with Gasteiger partial charge in [0.25, 0.3) is 0 Å². The van der Waals surface area contributed by atoms with Gasteiger partial charge in [-0.3, -0.25) is 13.9 Å². The van der Waals surface area contributed by atoms with Crippen molar-refractivity contribution in [2.75, 3.05) is 12.3 Å². The van der Waals surface area contributed by atoms with Crippen LogP contribution in [-0.2, 0) is 23.4 Å². The number of terminal acetylenes is 1. The molecule has 0 amide bonds. The Morgan fingerprint density at radius 1 is 1.35 bits per heavy atom. The van der Waals surface area contributed by atoms with Crippen LogP contribution in [0.2, 0.25) is 0 Å². The first-order chi connectivity index (χ1) is 17.4. The number of nitrogens with two attached hydrogens (primary N) is 1. The van der Waals surface area contributed by atoms with Crippen molar-refractivity contribution in [2.45, 2.75) is 57.0 Å². The number of para-hydroxylation sites is 1. The fourth-order valence-electron chi connectivity index (χ4n) is 3.42. The van der Waals surface area contributed by atoms with E-state index in [-0.39, 0.29) is 16.3 Å². The van der Waals surface area contributed by atoms with Crippen LogP contribution in [-0.4, -0.2) is 62.3 Å². The van der Waals surface area contributed by atoms with Gasteiger partial charge in [-0.15, -0.1) is 6.42 Å². The Hall–Kier alpha value is -2.82. The minimum Gasteiger partial charge on any atom is -0.462 e. The highest BCUT2D eigenvalue weighted by atomic mass is 32.1. The molecule has 1 aliphatic heterocycles. The average molecular weight is 553 g/mol. The molecule has 0 aliphatic carbocycles. The van der Waals surface area contributed by atoms with Crippen molar-refractivity contribution in [1.82, 2.24) is 14.6 Å². The molecule has 0 radical (unpaired) electrons. The summed E-state index contributed by atoms with van der Waals surface area (Å²) in [4.78, 5) is 16.3. The number of hydrogen-bond donors (Lipinski definition) is 4. The first-order valence-electron chi connectivity index (χ1n) is 11.2. The van der Waals surface area contributed by atoms with E-state index >= 15 is 0 Å². The van der Waals surface area contributed by atoms with Crippen LogP contribution < -0.4 is 15.3 Å². The molecule has 0 bridgehead atoms. The van der Waals surface area contributed by atoms with E-state index in [1.54, 1.807) is 32.0 Å². The molecule has 1 aromatic heterocycles. The largest absolute Gasteiger partial charge is 0.462 e. The van der Waals surface area contributed by atoms with Gasteiger partial charge in [0.2, 0.25) is 4.77 Å². The van der Waals surface area contributed by atoms with E-state index in [1.807, 2.05) is 0 Å². The number of benzene rings is 1. The zero-order valence-corrected chi connectivity index (χ0v) is 22.1. The van der Waals surface area contributed by atoms with Crippen molar-refractivity contribution in [3.63, 3.8) is 0 Å². The summed E-state index contributed by atoms with van der Waals surface area (Å²) in [5.41, 5.74) is 3.66. The molecule has 5 N–H and O–H groups in total. The quantitative estimate of drug-likeness (QED) is 0.147. The van der Waals surface area contributed by atoms with Crippen LogP contribution in [0.15, 0.2) is 42.6 Å². The molecule has 1 fully saturated rings. The molecule has 200 valence electrons. The standard InChI is InChI=1S/C23H29N4O8PS/c1-5-23(19(29)18(28)20(34-23)27-12-11-17(24)25-22(27)37)13-32-36(31,35-16-9-7-6-8-10-16)26-15(4)21(30)33-14(2)3/h1,6-12,14-15,18-20,28-29H,13H2,2-4H3,(H,26,31)(H2,24,25,37)/t15-,18-,19+,20+,23+,36?/m0/s1. The maximum atomic E-state index is 13.8. The zero-order valence-electron chi connectivity index (χ0n) is 20.4. The fourth-order valence-corrected chi connectivity index (χ4v) is 5.21. The molecule has 14 heteroatoms. The van der Waals surface area contributed by atoms with Gasteiger partial charge in [0.05, 0.1) is 6.10 Å². The van der Waals surface area contributed by atoms with E-state index in [9.17, 15) is 19.6 Å². The van der Waals surface area contributed by atoms with Crippen LogP contribution in [0, 0.1) is 17.1 Å². The lowest BCUT2D eigenvalue weighted by Gasteiger charge is -2.29. The summed E-state index contributed by atoms with van der Waals surface area (Å²) in [5, 5.41) is 24.1. The first kappa shape index (κ1) is 28.7. The molecular weight excluding hydrogens is 523 g/mol. The Bertz CT molecular complexity index is 1250. The Morgan fingerprint density at radius 2 is 2.03 bits per heavy atom. The maximum absolute atomic E-state index is 13.8. The summed E-state index contributed by atoms with van der Waals surface area (Å²) in [7, 11) is -4.33. The molecule has 1 saturated heterocycles. The van der Waals surface area contributed by atoms with E-state index in [2.05, 4.69) is 16.0 Å². The summed E-state index contributed by atoms with van der Waals surface area (Å²) in [5.74, 6) is 1.90. The number of rotatable bonds is 10. The lowest BCUT2D eigenvalue weighted by atomic mass is 9.97. The molecule has 2 aromatic rings. The van der Waals surface area contributed by atoms with Crippen molar-refractivity contribution in [2.24, 2.45) is 0 Å². The van der Waals surface area contributed by atoms with Crippen molar-refractivity contribution >= 4 is 31.8 Å². The van der Waals surface area contributed by atoms with Crippen LogP contribution in [0.25, 0.3) is 0 Å². The van der Waals surface area contributed by atoms with Gasteiger partial charge >= 0.3 is 13.7 Å². The first-order valence-corrected chi connectivity index (χ1v) is 13.2. The minimum absolute atomic E-state index is 0.0257. The number of carbonyl (C=O) groups is 1. The molecule has 1 aliphatic rings. The summed E-state index contributed by atoms with van der Waals surface area (Å²) in [6.07, 6.45) is 2.21. The number of nitrogens with one attached hydrogen (secondary N) is 1. The second-order valence-corrected chi connectivity index (χ2v) is 10.6. The summed E-state index contributed by atoms with van der Waals surface area (Å²) in [6, 6.07) is 8.40. The Labute approximate surface area is 219 Å². The van der Waals surface area contributed by atoms with Crippen molar-refractivity contribution < 1.29 is 38.1 Å². The number of aliphatic hydroxyl groups is 2. The lowest BCUT2D eigenvalue weighted by Crippen LogP contribution is -2.46. The summed E-state index contributed by atoms with van der Waals surface area (Å²) >= 11 is 5.18. The minimum atomic E-state index is -4.33. The van der Waals surface area contributed by atoms with Gasteiger partial charge < -0.3 is 29.9 Å². The summed E-state index contributed by atoms with van der Waals surface area (Å²) in [6.45, 7) is 4.06. The molecule has 0 saturated carbocycles. The Morgan fingerprint density at radius 3 is 2.62 bits per heavy atom. The molecule has 6 atom stereocenters. The number of hydrogen-bond acceptors (Lipinski definition) is 11. The molecule has 2 heterocycles. The van der Waals surface area contributed by atoms with Gasteiger partial charge in [0.1, 0.15) is 36.4 Å². The molecular formula is C23H29N4O8PS. The average Bonchev–Trinajstić information content (AvgIpc) is 3.08. The third-order valence-corrected chi connectivity index (χ3v) is 7.20. The Kier molecular flexibility index (Phi) is 9.09. The van der Waals surface area contributed by atoms with Crippen LogP contribution in [0.5, 0.6) is 5.75 Å². The highest BCUT2D eigenvalue weighted by Crippen LogP contribution is 2.47. The van der Waals surface area contributed by atoms with Crippen LogP contribution in [0.4, 0.5) is 5.82 Å². The predicted molar refractivity (Wildman–Crippen MR) is 136 cm³/mol. The van der Waals surface area contributed by atoms with Gasteiger partial charge in [-0.25, -0.2) is 9.55 Å². The topological polar surface area (TPSA) is 167 Å². The highest BCUT2D eigenvalue weighted by molar-refractivity contribution is 7.71. The van der Waals surface area contributed by atoms with Gasteiger partial charge in [0, 0.05) is 6.20 Å². The van der Waals surface area contributed by atoms with Crippen LogP contribution in [0.1, 0.15) is 27.0 Å². The van der Waals surface area contributed by atoms with Gasteiger partial charge in [-0.2, -0.15) is 5.09 Å². The zero-order chi connectivity index (χ0) is 27.4. The third-order valence-electron chi connectivity index (χ3n) is 5.27. The normalized spacial score (nSPS) is 25.7. The monoisotopic (exact) mass is 552 g/mol. The fraction of sp³-hybridized carbons (Fsp3) is 0.435. The number of aromatic nitrogens is 2. The number of esters is 1. The molecule has 1 unspecified atom stereocenters. The number of anilines is 1. The maximum Gasteiger partial charge on any atom is 0.459 e. The van der Waals surface area contributed by atoms with Crippen LogP contribution in [0.3, 0.4) is 0 Å².